The van der Waals surface area contributed by atoms with Crippen LogP contribution in [0.2, 0.25) is 10.0 Å². The Morgan fingerprint density at radius 3 is 2.16 bits per heavy atom. The monoisotopic (exact) mass is 699 g/mol. The number of carboxylic acid groups (broad SMARTS) is 1. The number of hydrogen-bond acceptors (Lipinski definition) is 7. The number of rotatable bonds is 10. The van der Waals surface area contributed by atoms with E-state index in [1.54, 1.807) is 36.8 Å². The number of benzene rings is 4. The summed E-state index contributed by atoms with van der Waals surface area (Å²) >= 11 is 12.8. The molecule has 1 amide bonds. The summed E-state index contributed by atoms with van der Waals surface area (Å²) in [5.41, 5.74) is 4.10. The fourth-order valence-electron chi connectivity index (χ4n) is 6.30. The molecule has 2 aliphatic rings. The lowest BCUT2D eigenvalue weighted by atomic mass is 10.1. The van der Waals surface area contributed by atoms with Crippen molar-refractivity contribution in [2.75, 3.05) is 54.1 Å². The minimum absolute atomic E-state index is 0.309. The van der Waals surface area contributed by atoms with Gasteiger partial charge >= 0.3 is 6.09 Å². The Hall–Kier alpha value is -4.74. The molecule has 4 aromatic carbocycles. The second-order valence-corrected chi connectivity index (χ2v) is 12.8. The van der Waals surface area contributed by atoms with Gasteiger partial charge in [0, 0.05) is 60.5 Å². The van der Waals surface area contributed by atoms with Crippen molar-refractivity contribution in [2.24, 2.45) is 0 Å². The number of aromatic nitrogens is 2. The van der Waals surface area contributed by atoms with E-state index >= 15 is 0 Å². The summed E-state index contributed by atoms with van der Waals surface area (Å²) < 4.78 is 20.8. The van der Waals surface area contributed by atoms with Crippen LogP contribution >= 0.6 is 23.2 Å². The van der Waals surface area contributed by atoms with Crippen LogP contribution in [0.3, 0.4) is 0 Å². The Labute approximate surface area is 294 Å². The number of hydrogen-bond donors (Lipinski definition) is 1. The Balaban J connectivity index is 0.929. The summed E-state index contributed by atoms with van der Waals surface area (Å²) in [6.07, 6.45) is 3.93. The molecule has 2 aliphatic heterocycles. The summed E-state index contributed by atoms with van der Waals surface area (Å²) in [7, 11) is 0. The molecule has 2 saturated heterocycles. The molecule has 1 aromatic heterocycles. The zero-order valence-electron chi connectivity index (χ0n) is 26.6. The highest BCUT2D eigenvalue weighted by Crippen LogP contribution is 2.41. The molecule has 0 radical (unpaired) electrons. The fourth-order valence-corrected chi connectivity index (χ4v) is 6.85. The zero-order chi connectivity index (χ0) is 33.8. The van der Waals surface area contributed by atoms with E-state index in [0.29, 0.717) is 46.7 Å². The number of para-hydroxylation sites is 1. The van der Waals surface area contributed by atoms with E-state index < -0.39 is 11.9 Å². The van der Waals surface area contributed by atoms with Crippen LogP contribution < -0.4 is 19.4 Å². The van der Waals surface area contributed by atoms with E-state index in [4.69, 9.17) is 37.4 Å². The van der Waals surface area contributed by atoms with Crippen LogP contribution in [0.25, 0.3) is 0 Å². The highest BCUT2D eigenvalue weighted by Gasteiger charge is 2.45. The van der Waals surface area contributed by atoms with Gasteiger partial charge in [-0.1, -0.05) is 47.5 Å². The average molecular weight is 701 g/mol. The molecule has 7 rings (SSSR count). The summed E-state index contributed by atoms with van der Waals surface area (Å²) in [6, 6.07) is 30.2. The number of amides is 1. The normalized spacial score (nSPS) is 19.2. The minimum Gasteiger partial charge on any atom is -0.491 e. The van der Waals surface area contributed by atoms with Gasteiger partial charge in [0.05, 0.1) is 35.9 Å². The average Bonchev–Trinajstić information content (AvgIpc) is 3.79. The molecular weight excluding hydrogens is 665 g/mol. The highest BCUT2D eigenvalue weighted by molar-refractivity contribution is 6.35. The van der Waals surface area contributed by atoms with Crippen LogP contribution in [0.15, 0.2) is 116 Å². The number of piperazine rings is 1. The number of imidazole rings is 1. The Kier molecular flexibility index (Phi) is 9.63. The van der Waals surface area contributed by atoms with E-state index in [2.05, 4.69) is 26.9 Å². The zero-order valence-corrected chi connectivity index (χ0v) is 28.1. The molecular formula is C37H35Cl2N5O5. The highest BCUT2D eigenvalue weighted by atomic mass is 35.5. The van der Waals surface area contributed by atoms with Crippen molar-refractivity contribution in [3.8, 4) is 5.75 Å². The first kappa shape index (κ1) is 32.8. The molecule has 2 fully saturated rings. The number of carbonyl (C=O) groups is 1. The summed E-state index contributed by atoms with van der Waals surface area (Å²) in [5.74, 6) is -0.362. The number of nitrogens with zero attached hydrogens (tertiary/aromatic N) is 5. The summed E-state index contributed by atoms with van der Waals surface area (Å²) in [6.45, 7) is 4.41. The lowest BCUT2D eigenvalue weighted by Crippen LogP contribution is -2.46. The minimum atomic E-state index is -1.11. The van der Waals surface area contributed by atoms with Crippen LogP contribution in [0.1, 0.15) is 5.56 Å². The van der Waals surface area contributed by atoms with Crippen molar-refractivity contribution in [2.45, 2.75) is 18.4 Å². The number of halogens is 2. The van der Waals surface area contributed by atoms with Crippen LogP contribution in [-0.4, -0.2) is 66.2 Å². The molecule has 0 aliphatic carbocycles. The van der Waals surface area contributed by atoms with Gasteiger partial charge in [0.1, 0.15) is 18.5 Å². The van der Waals surface area contributed by atoms with Crippen LogP contribution in [0.5, 0.6) is 5.75 Å². The van der Waals surface area contributed by atoms with Crippen molar-refractivity contribution in [3.63, 3.8) is 0 Å². The van der Waals surface area contributed by atoms with Gasteiger partial charge in [0.2, 0.25) is 5.79 Å². The number of ether oxygens (including phenoxy) is 3. The molecule has 2 atom stereocenters. The Morgan fingerprint density at radius 2 is 1.55 bits per heavy atom. The van der Waals surface area contributed by atoms with E-state index in [-0.39, 0.29) is 6.10 Å². The molecule has 5 aromatic rings. The first-order chi connectivity index (χ1) is 23.9. The SMILES string of the molecule is O=C(O)N(c1ccccc1)c1ccc(N2CCN(c3ccc(OCC4COC(Cn5ccnc5)(c5ccc(Cl)cc5Cl)O4)cc3)CC2)cc1. The summed E-state index contributed by atoms with van der Waals surface area (Å²) in [4.78, 5) is 22.1. The largest absolute Gasteiger partial charge is 0.491 e. The third-order valence-corrected chi connectivity index (χ3v) is 9.29. The van der Waals surface area contributed by atoms with Gasteiger partial charge in [-0.15, -0.1) is 0 Å². The van der Waals surface area contributed by atoms with E-state index in [1.165, 1.54) is 4.90 Å². The van der Waals surface area contributed by atoms with Gasteiger partial charge < -0.3 is 33.7 Å². The van der Waals surface area contributed by atoms with Crippen LogP contribution in [0, 0.1) is 0 Å². The molecule has 1 N–H and O–H groups in total. The molecule has 2 unspecified atom stereocenters. The maximum atomic E-state index is 12.0. The second-order valence-electron chi connectivity index (χ2n) is 11.9. The van der Waals surface area contributed by atoms with Crippen molar-refractivity contribution >= 4 is 52.0 Å². The van der Waals surface area contributed by atoms with Gasteiger partial charge in [-0.2, -0.15) is 0 Å². The van der Waals surface area contributed by atoms with Gasteiger partial charge in [-0.3, -0.25) is 0 Å². The first-order valence-corrected chi connectivity index (χ1v) is 16.8. The quantitative estimate of drug-likeness (QED) is 0.159. The second kappa shape index (κ2) is 14.4. The lowest BCUT2D eigenvalue weighted by Gasteiger charge is -2.37. The third kappa shape index (κ3) is 7.33. The first-order valence-electron chi connectivity index (χ1n) is 16.0. The number of anilines is 4. The van der Waals surface area contributed by atoms with Crippen LogP contribution in [-0.2, 0) is 21.8 Å². The van der Waals surface area contributed by atoms with Crippen molar-refractivity contribution in [3.05, 3.63) is 131 Å². The topological polar surface area (TPSA) is 92.5 Å². The molecule has 0 bridgehead atoms. The standard InChI is InChI=1S/C37H35Cl2N5O5/c38-27-6-15-34(35(39)22-27)37(25-41-17-16-40-26-41)48-24-33(49-37)23-47-32-13-11-29(12-14-32)43-20-18-42(19-21-43)28-7-9-31(10-8-28)44(36(45)46)30-4-2-1-3-5-30/h1-17,22,26,33H,18-21,23-25H2,(H,45,46). The maximum absolute atomic E-state index is 12.0. The van der Waals surface area contributed by atoms with Crippen molar-refractivity contribution in [1.82, 2.24) is 9.55 Å². The maximum Gasteiger partial charge on any atom is 0.416 e. The summed E-state index contributed by atoms with van der Waals surface area (Å²) in [5, 5.41) is 10.8. The molecule has 12 heteroatoms. The predicted molar refractivity (Wildman–Crippen MR) is 191 cm³/mol. The van der Waals surface area contributed by atoms with Crippen molar-refractivity contribution < 1.29 is 24.1 Å². The van der Waals surface area contributed by atoms with Gasteiger partial charge in [-0.25, -0.2) is 14.7 Å². The predicted octanol–water partition coefficient (Wildman–Crippen LogP) is 7.68. The van der Waals surface area contributed by atoms with E-state index in [9.17, 15) is 9.90 Å². The Bertz CT molecular complexity index is 1850. The lowest BCUT2D eigenvalue weighted by molar-refractivity contribution is -0.189. The molecule has 3 heterocycles. The van der Waals surface area contributed by atoms with Crippen molar-refractivity contribution in [1.29, 1.82) is 0 Å². The van der Waals surface area contributed by atoms with Crippen LogP contribution in [0.4, 0.5) is 27.5 Å². The van der Waals surface area contributed by atoms with Gasteiger partial charge in [0.25, 0.3) is 0 Å². The molecule has 0 spiro atoms. The van der Waals surface area contributed by atoms with E-state index in [0.717, 1.165) is 43.3 Å². The van der Waals surface area contributed by atoms with E-state index in [1.807, 2.05) is 71.4 Å². The molecule has 10 nitrogen and oxygen atoms in total. The smallest absolute Gasteiger partial charge is 0.416 e. The van der Waals surface area contributed by atoms with Gasteiger partial charge in [0.15, 0.2) is 0 Å². The third-order valence-electron chi connectivity index (χ3n) is 8.75. The molecule has 49 heavy (non-hydrogen) atoms. The molecule has 252 valence electrons. The Morgan fingerprint density at radius 1 is 0.898 bits per heavy atom. The molecule has 0 saturated carbocycles. The fraction of sp³-hybridized carbons (Fsp3) is 0.243. The van der Waals surface area contributed by atoms with Gasteiger partial charge in [-0.05, 0) is 72.8 Å².